The maximum atomic E-state index is 11.9. The number of likely N-dealkylation sites (tertiary alicyclic amines) is 1. The standard InChI is InChI=1S/C14H29N3O/c1-10(2)17-7-6-11(9-17)8-16-13(18)12(15)14(3,4)5/h10-12H,6-9,15H2,1-5H3,(H,16,18)/t11?,12-/m0/s1. The first-order chi connectivity index (χ1) is 8.21. The fourth-order valence-electron chi connectivity index (χ4n) is 2.25. The third-order valence-electron chi connectivity index (χ3n) is 3.83. The fraction of sp³-hybridized carbons (Fsp3) is 0.929. The van der Waals surface area contributed by atoms with Crippen LogP contribution in [0.3, 0.4) is 0 Å². The molecule has 0 aromatic rings. The molecule has 4 nitrogen and oxygen atoms in total. The Labute approximate surface area is 111 Å². The van der Waals surface area contributed by atoms with Crippen LogP contribution in [0.25, 0.3) is 0 Å². The summed E-state index contributed by atoms with van der Waals surface area (Å²) in [7, 11) is 0. The normalized spacial score (nSPS) is 23.4. The maximum Gasteiger partial charge on any atom is 0.237 e. The Morgan fingerprint density at radius 3 is 2.50 bits per heavy atom. The summed E-state index contributed by atoms with van der Waals surface area (Å²) in [6.07, 6.45) is 1.17. The molecule has 1 amide bonds. The molecule has 1 aliphatic heterocycles. The van der Waals surface area contributed by atoms with Gasteiger partial charge in [-0.25, -0.2) is 0 Å². The largest absolute Gasteiger partial charge is 0.354 e. The third kappa shape index (κ3) is 4.25. The molecule has 0 radical (unpaired) electrons. The highest BCUT2D eigenvalue weighted by Gasteiger charge is 2.29. The number of rotatable bonds is 4. The first-order valence-electron chi connectivity index (χ1n) is 6.99. The number of nitrogens with zero attached hydrogens (tertiary/aromatic N) is 1. The summed E-state index contributed by atoms with van der Waals surface area (Å²) in [5.41, 5.74) is 5.76. The summed E-state index contributed by atoms with van der Waals surface area (Å²) in [6, 6.07) is 0.169. The van der Waals surface area contributed by atoms with Crippen LogP contribution in [0.4, 0.5) is 0 Å². The SMILES string of the molecule is CC(C)N1CCC(CNC(=O)[C@H](N)C(C)(C)C)C1. The summed E-state index contributed by atoms with van der Waals surface area (Å²) < 4.78 is 0. The quantitative estimate of drug-likeness (QED) is 0.794. The van der Waals surface area contributed by atoms with E-state index < -0.39 is 6.04 Å². The lowest BCUT2D eigenvalue weighted by Crippen LogP contribution is -2.49. The number of carbonyl (C=O) groups is 1. The molecule has 0 bridgehead atoms. The molecule has 1 fully saturated rings. The van der Waals surface area contributed by atoms with E-state index in [1.807, 2.05) is 20.8 Å². The Morgan fingerprint density at radius 1 is 1.44 bits per heavy atom. The van der Waals surface area contributed by atoms with Crippen LogP contribution >= 0.6 is 0 Å². The number of nitrogens with two attached hydrogens (primary N) is 1. The summed E-state index contributed by atoms with van der Waals surface area (Å²) in [5, 5.41) is 3.00. The lowest BCUT2D eigenvalue weighted by molar-refractivity contribution is -0.124. The minimum absolute atomic E-state index is 0.0227. The zero-order chi connectivity index (χ0) is 13.9. The molecular formula is C14H29N3O. The molecule has 4 heteroatoms. The van der Waals surface area contributed by atoms with E-state index >= 15 is 0 Å². The maximum absolute atomic E-state index is 11.9. The highest BCUT2D eigenvalue weighted by molar-refractivity contribution is 5.82. The molecule has 1 saturated heterocycles. The van der Waals surface area contributed by atoms with E-state index in [9.17, 15) is 4.79 Å². The highest BCUT2D eigenvalue weighted by atomic mass is 16.2. The van der Waals surface area contributed by atoms with Gasteiger partial charge in [-0.15, -0.1) is 0 Å². The van der Waals surface area contributed by atoms with Gasteiger partial charge in [0.2, 0.25) is 5.91 Å². The second-order valence-corrected chi connectivity index (χ2v) is 6.83. The van der Waals surface area contributed by atoms with Crippen molar-refractivity contribution < 1.29 is 4.79 Å². The predicted molar refractivity (Wildman–Crippen MR) is 75.3 cm³/mol. The summed E-state index contributed by atoms with van der Waals surface area (Å²) in [6.45, 7) is 13.4. The molecule has 0 aliphatic carbocycles. The van der Waals surface area contributed by atoms with Gasteiger partial charge in [-0.3, -0.25) is 4.79 Å². The van der Waals surface area contributed by atoms with Crippen molar-refractivity contribution in [2.75, 3.05) is 19.6 Å². The Morgan fingerprint density at radius 2 is 2.06 bits per heavy atom. The van der Waals surface area contributed by atoms with Crippen LogP contribution in [0.15, 0.2) is 0 Å². The van der Waals surface area contributed by atoms with Gasteiger partial charge in [0.1, 0.15) is 0 Å². The minimum Gasteiger partial charge on any atom is -0.354 e. The first-order valence-corrected chi connectivity index (χ1v) is 6.99. The average molecular weight is 255 g/mol. The molecule has 0 spiro atoms. The van der Waals surface area contributed by atoms with Crippen LogP contribution in [-0.4, -0.2) is 42.5 Å². The van der Waals surface area contributed by atoms with Crippen molar-refractivity contribution in [1.82, 2.24) is 10.2 Å². The van der Waals surface area contributed by atoms with Gasteiger partial charge < -0.3 is 16.0 Å². The van der Waals surface area contributed by atoms with Gasteiger partial charge in [0.15, 0.2) is 0 Å². The predicted octanol–water partition coefficient (Wildman–Crippen LogP) is 1.21. The fourth-order valence-corrected chi connectivity index (χ4v) is 2.25. The van der Waals surface area contributed by atoms with E-state index in [-0.39, 0.29) is 11.3 Å². The molecule has 1 heterocycles. The number of nitrogens with one attached hydrogen (secondary N) is 1. The smallest absolute Gasteiger partial charge is 0.237 e. The van der Waals surface area contributed by atoms with Gasteiger partial charge in [-0.1, -0.05) is 20.8 Å². The van der Waals surface area contributed by atoms with E-state index in [0.717, 1.165) is 19.6 Å². The molecule has 1 unspecified atom stereocenters. The van der Waals surface area contributed by atoms with Gasteiger partial charge in [-0.2, -0.15) is 0 Å². The Kier molecular flexibility index (Phi) is 5.17. The summed E-state index contributed by atoms with van der Waals surface area (Å²) in [5.74, 6) is 0.550. The van der Waals surface area contributed by atoms with E-state index in [4.69, 9.17) is 5.73 Å². The number of hydrogen-bond donors (Lipinski definition) is 2. The van der Waals surface area contributed by atoms with Crippen LogP contribution in [-0.2, 0) is 4.79 Å². The molecule has 1 rings (SSSR count). The molecule has 3 N–H and O–H groups in total. The van der Waals surface area contributed by atoms with Gasteiger partial charge in [0, 0.05) is 19.1 Å². The van der Waals surface area contributed by atoms with E-state index in [1.54, 1.807) is 0 Å². The van der Waals surface area contributed by atoms with Gasteiger partial charge in [-0.05, 0) is 38.1 Å². The van der Waals surface area contributed by atoms with E-state index in [2.05, 4.69) is 24.1 Å². The zero-order valence-corrected chi connectivity index (χ0v) is 12.5. The lowest BCUT2D eigenvalue weighted by atomic mass is 9.87. The molecule has 2 atom stereocenters. The van der Waals surface area contributed by atoms with Gasteiger partial charge >= 0.3 is 0 Å². The van der Waals surface area contributed by atoms with Crippen molar-refractivity contribution in [3.05, 3.63) is 0 Å². The number of hydrogen-bond acceptors (Lipinski definition) is 3. The Hall–Kier alpha value is -0.610. The van der Waals surface area contributed by atoms with Crippen molar-refractivity contribution in [2.24, 2.45) is 17.1 Å². The summed E-state index contributed by atoms with van der Waals surface area (Å²) in [4.78, 5) is 14.4. The minimum atomic E-state index is -0.430. The zero-order valence-electron chi connectivity index (χ0n) is 12.5. The van der Waals surface area contributed by atoms with Crippen LogP contribution in [0.1, 0.15) is 41.0 Å². The second kappa shape index (κ2) is 6.02. The molecule has 18 heavy (non-hydrogen) atoms. The van der Waals surface area contributed by atoms with E-state index in [1.165, 1.54) is 6.42 Å². The first kappa shape index (κ1) is 15.4. The van der Waals surface area contributed by atoms with Crippen molar-refractivity contribution in [1.29, 1.82) is 0 Å². The number of amides is 1. The van der Waals surface area contributed by atoms with Crippen LogP contribution in [0.5, 0.6) is 0 Å². The van der Waals surface area contributed by atoms with Crippen LogP contribution in [0.2, 0.25) is 0 Å². The number of carbonyl (C=O) groups excluding carboxylic acids is 1. The van der Waals surface area contributed by atoms with Crippen LogP contribution < -0.4 is 11.1 Å². The molecule has 106 valence electrons. The third-order valence-corrected chi connectivity index (χ3v) is 3.83. The van der Waals surface area contributed by atoms with Crippen molar-refractivity contribution in [2.45, 2.75) is 53.1 Å². The molecule has 0 saturated carbocycles. The topological polar surface area (TPSA) is 58.4 Å². The molecule has 0 aromatic carbocycles. The second-order valence-electron chi connectivity index (χ2n) is 6.83. The molecule has 1 aliphatic rings. The van der Waals surface area contributed by atoms with Gasteiger partial charge in [0.05, 0.1) is 6.04 Å². The van der Waals surface area contributed by atoms with Crippen LogP contribution in [0, 0.1) is 11.3 Å². The van der Waals surface area contributed by atoms with Gasteiger partial charge in [0.25, 0.3) is 0 Å². The monoisotopic (exact) mass is 255 g/mol. The highest BCUT2D eigenvalue weighted by Crippen LogP contribution is 2.19. The average Bonchev–Trinajstić information content (AvgIpc) is 2.72. The molecule has 0 aromatic heterocycles. The van der Waals surface area contributed by atoms with Crippen molar-refractivity contribution >= 4 is 5.91 Å². The Balaban J connectivity index is 2.32. The summed E-state index contributed by atoms with van der Waals surface area (Å²) >= 11 is 0. The molecular weight excluding hydrogens is 226 g/mol. The lowest BCUT2D eigenvalue weighted by Gasteiger charge is -2.26. The van der Waals surface area contributed by atoms with E-state index in [0.29, 0.717) is 12.0 Å². The Bertz CT molecular complexity index is 283. The van der Waals surface area contributed by atoms with Crippen molar-refractivity contribution in [3.8, 4) is 0 Å². The van der Waals surface area contributed by atoms with Crippen molar-refractivity contribution in [3.63, 3.8) is 0 Å².